The highest BCUT2D eigenvalue weighted by Crippen LogP contribution is 2.13. The second-order valence-corrected chi connectivity index (χ2v) is 5.59. The lowest BCUT2D eigenvalue weighted by Gasteiger charge is -2.08. The predicted molar refractivity (Wildman–Crippen MR) is 65.0 cm³/mol. The van der Waals surface area contributed by atoms with Gasteiger partial charge in [0.2, 0.25) is 10.0 Å². The summed E-state index contributed by atoms with van der Waals surface area (Å²) in [7, 11) is -1.58. The molecule has 0 heterocycles. The lowest BCUT2D eigenvalue weighted by atomic mass is 10.2. The van der Waals surface area contributed by atoms with Crippen LogP contribution in [-0.2, 0) is 10.0 Å². The molecule has 5 heteroatoms. The molecule has 2 N–H and O–H groups in total. The summed E-state index contributed by atoms with van der Waals surface area (Å²) in [6, 6.07) is 5.30. The molecule has 0 aliphatic heterocycles. The molecule has 0 saturated heterocycles. The first-order chi connectivity index (χ1) is 7.45. The van der Waals surface area contributed by atoms with Crippen LogP contribution in [0.15, 0.2) is 23.1 Å². The summed E-state index contributed by atoms with van der Waals surface area (Å²) in [6.07, 6.45) is 0. The van der Waals surface area contributed by atoms with E-state index >= 15 is 0 Å². The number of sulfonamides is 1. The zero-order valence-electron chi connectivity index (χ0n) is 9.87. The van der Waals surface area contributed by atoms with E-state index in [0.717, 1.165) is 11.1 Å². The van der Waals surface area contributed by atoms with Crippen LogP contribution in [0.25, 0.3) is 0 Å². The van der Waals surface area contributed by atoms with Crippen LogP contribution in [0.2, 0.25) is 0 Å². The summed E-state index contributed by atoms with van der Waals surface area (Å²) in [5.74, 6) is 0. The zero-order valence-corrected chi connectivity index (χ0v) is 10.7. The number of likely N-dealkylation sites (N-methyl/N-ethyl adjacent to an activating group) is 1. The fraction of sp³-hybridized carbons (Fsp3) is 0.455. The molecule has 0 bridgehead atoms. The van der Waals surface area contributed by atoms with E-state index in [9.17, 15) is 8.42 Å². The number of aryl methyl sites for hydroxylation is 2. The van der Waals surface area contributed by atoms with Crippen molar-refractivity contribution in [2.75, 3.05) is 20.1 Å². The van der Waals surface area contributed by atoms with Gasteiger partial charge < -0.3 is 5.32 Å². The van der Waals surface area contributed by atoms with Crippen molar-refractivity contribution in [3.8, 4) is 0 Å². The molecule has 0 amide bonds. The predicted octanol–water partition coefficient (Wildman–Crippen LogP) is 0.801. The van der Waals surface area contributed by atoms with Crippen LogP contribution in [-0.4, -0.2) is 28.6 Å². The second kappa shape index (κ2) is 5.43. The average molecular weight is 242 g/mol. The highest BCUT2D eigenvalue weighted by atomic mass is 32.2. The maximum Gasteiger partial charge on any atom is 0.240 e. The van der Waals surface area contributed by atoms with E-state index in [1.165, 1.54) is 0 Å². The van der Waals surface area contributed by atoms with E-state index in [2.05, 4.69) is 10.0 Å². The number of benzene rings is 1. The van der Waals surface area contributed by atoms with Gasteiger partial charge in [-0.2, -0.15) is 0 Å². The van der Waals surface area contributed by atoms with Crippen LogP contribution >= 0.6 is 0 Å². The van der Waals surface area contributed by atoms with Gasteiger partial charge in [-0.15, -0.1) is 0 Å². The Balaban J connectivity index is 2.89. The molecule has 4 nitrogen and oxygen atoms in total. The van der Waals surface area contributed by atoms with E-state index in [0.29, 0.717) is 18.0 Å². The molecule has 0 spiro atoms. The first-order valence-electron chi connectivity index (χ1n) is 5.18. The van der Waals surface area contributed by atoms with Gasteiger partial charge in [-0.05, 0) is 44.2 Å². The molecule has 0 radical (unpaired) electrons. The maximum absolute atomic E-state index is 11.9. The molecule has 1 rings (SSSR count). The van der Waals surface area contributed by atoms with Crippen LogP contribution < -0.4 is 10.0 Å². The van der Waals surface area contributed by atoms with Crippen molar-refractivity contribution in [2.45, 2.75) is 18.7 Å². The lowest BCUT2D eigenvalue weighted by Crippen LogP contribution is -2.30. The van der Waals surface area contributed by atoms with Gasteiger partial charge in [-0.1, -0.05) is 6.07 Å². The number of nitrogens with one attached hydrogen (secondary N) is 2. The second-order valence-electron chi connectivity index (χ2n) is 3.82. The van der Waals surface area contributed by atoms with Crippen molar-refractivity contribution in [1.29, 1.82) is 0 Å². The highest BCUT2D eigenvalue weighted by Gasteiger charge is 2.13. The van der Waals surface area contributed by atoms with Gasteiger partial charge in [0, 0.05) is 13.1 Å². The van der Waals surface area contributed by atoms with Crippen molar-refractivity contribution in [3.63, 3.8) is 0 Å². The highest BCUT2D eigenvalue weighted by molar-refractivity contribution is 7.89. The van der Waals surface area contributed by atoms with Gasteiger partial charge >= 0.3 is 0 Å². The van der Waals surface area contributed by atoms with Crippen molar-refractivity contribution in [3.05, 3.63) is 29.3 Å². The number of rotatable bonds is 5. The topological polar surface area (TPSA) is 58.2 Å². The Hall–Kier alpha value is -0.910. The summed E-state index contributed by atoms with van der Waals surface area (Å²) in [5, 5.41) is 2.89. The van der Waals surface area contributed by atoms with Crippen LogP contribution in [0.5, 0.6) is 0 Å². The normalized spacial score (nSPS) is 11.7. The molecular weight excluding hydrogens is 224 g/mol. The first-order valence-corrected chi connectivity index (χ1v) is 6.66. The SMILES string of the molecule is CNCCNS(=O)(=O)c1cc(C)cc(C)c1. The molecule has 0 saturated carbocycles. The largest absolute Gasteiger partial charge is 0.318 e. The molecule has 90 valence electrons. The smallest absolute Gasteiger partial charge is 0.240 e. The minimum absolute atomic E-state index is 0.334. The van der Waals surface area contributed by atoms with Crippen LogP contribution in [0.3, 0.4) is 0 Å². The van der Waals surface area contributed by atoms with Crippen LogP contribution in [0.4, 0.5) is 0 Å². The van der Waals surface area contributed by atoms with Gasteiger partial charge in [-0.3, -0.25) is 0 Å². The molecule has 1 aromatic rings. The van der Waals surface area contributed by atoms with Gasteiger partial charge in [0.05, 0.1) is 4.90 Å². The molecule has 0 unspecified atom stereocenters. The van der Waals surface area contributed by atoms with Crippen molar-refractivity contribution in [2.24, 2.45) is 0 Å². The lowest BCUT2D eigenvalue weighted by molar-refractivity contribution is 0.579. The standard InChI is InChI=1S/C11H18N2O2S/c1-9-6-10(2)8-11(7-9)16(14,15)13-5-4-12-3/h6-8,12-13H,4-5H2,1-3H3. The Kier molecular flexibility index (Phi) is 4.46. The molecule has 0 atom stereocenters. The number of hydrogen-bond acceptors (Lipinski definition) is 3. The van der Waals surface area contributed by atoms with Gasteiger partial charge in [0.25, 0.3) is 0 Å². The Labute approximate surface area is 97.1 Å². The first kappa shape index (κ1) is 13.2. The van der Waals surface area contributed by atoms with E-state index in [-0.39, 0.29) is 0 Å². The van der Waals surface area contributed by atoms with Crippen molar-refractivity contribution >= 4 is 10.0 Å². The minimum Gasteiger partial charge on any atom is -0.318 e. The fourth-order valence-corrected chi connectivity index (χ4v) is 2.70. The van der Waals surface area contributed by atoms with Gasteiger partial charge in [0.15, 0.2) is 0 Å². The molecule has 0 aromatic heterocycles. The summed E-state index contributed by atoms with van der Waals surface area (Å²) in [6.45, 7) is 4.79. The Morgan fingerprint density at radius 2 is 1.62 bits per heavy atom. The minimum atomic E-state index is -3.37. The zero-order chi connectivity index (χ0) is 12.2. The third-order valence-corrected chi connectivity index (χ3v) is 3.61. The monoisotopic (exact) mass is 242 g/mol. The van der Waals surface area contributed by atoms with Gasteiger partial charge in [0.1, 0.15) is 0 Å². The summed E-state index contributed by atoms with van der Waals surface area (Å²) >= 11 is 0. The van der Waals surface area contributed by atoms with E-state index in [1.54, 1.807) is 19.2 Å². The molecule has 0 aliphatic carbocycles. The maximum atomic E-state index is 11.9. The average Bonchev–Trinajstić information content (AvgIpc) is 2.16. The van der Waals surface area contributed by atoms with E-state index in [1.807, 2.05) is 19.9 Å². The Bertz CT molecular complexity index is 435. The van der Waals surface area contributed by atoms with E-state index < -0.39 is 10.0 Å². The van der Waals surface area contributed by atoms with E-state index in [4.69, 9.17) is 0 Å². The Morgan fingerprint density at radius 1 is 1.06 bits per heavy atom. The quantitative estimate of drug-likeness (QED) is 0.751. The van der Waals surface area contributed by atoms with Crippen molar-refractivity contribution < 1.29 is 8.42 Å². The molecular formula is C11H18N2O2S. The molecule has 1 aromatic carbocycles. The molecule has 0 fully saturated rings. The molecule has 16 heavy (non-hydrogen) atoms. The Morgan fingerprint density at radius 3 is 2.12 bits per heavy atom. The number of hydrogen-bond donors (Lipinski definition) is 2. The van der Waals surface area contributed by atoms with Crippen molar-refractivity contribution in [1.82, 2.24) is 10.0 Å². The third kappa shape index (κ3) is 3.59. The van der Waals surface area contributed by atoms with Crippen LogP contribution in [0, 0.1) is 13.8 Å². The molecule has 0 aliphatic rings. The van der Waals surface area contributed by atoms with Crippen LogP contribution in [0.1, 0.15) is 11.1 Å². The summed E-state index contributed by atoms with van der Waals surface area (Å²) in [4.78, 5) is 0.334. The third-order valence-electron chi connectivity index (χ3n) is 2.17. The summed E-state index contributed by atoms with van der Waals surface area (Å²) in [5.41, 5.74) is 1.91. The fourth-order valence-electron chi connectivity index (χ4n) is 1.48. The van der Waals surface area contributed by atoms with Gasteiger partial charge in [-0.25, -0.2) is 13.1 Å². The summed E-state index contributed by atoms with van der Waals surface area (Å²) < 4.78 is 26.3.